The largest absolute Gasteiger partial charge is 0.573 e. The average molecular weight is 466 g/mol. The lowest BCUT2D eigenvalue weighted by Gasteiger charge is -2.19. The molecule has 0 saturated carbocycles. The second kappa shape index (κ2) is 9.25. The number of hydrogen-bond donors (Lipinski definition) is 1. The third-order valence-corrected chi connectivity index (χ3v) is 5.08. The Hall–Kier alpha value is -2.98. The van der Waals surface area contributed by atoms with Crippen LogP contribution in [0.15, 0.2) is 69.6 Å². The third-order valence-electron chi connectivity index (χ3n) is 4.10. The van der Waals surface area contributed by atoms with Crippen molar-refractivity contribution in [3.05, 3.63) is 70.8 Å². The first-order valence-corrected chi connectivity index (χ1v) is 10.3. The zero-order valence-corrected chi connectivity index (χ0v) is 18.3. The second-order valence-corrected chi connectivity index (χ2v) is 8.64. The van der Waals surface area contributed by atoms with E-state index < -0.39 is 12.0 Å². The van der Waals surface area contributed by atoms with Gasteiger partial charge in [0.2, 0.25) is 0 Å². The summed E-state index contributed by atoms with van der Waals surface area (Å²) >= 11 is 1.03. The summed E-state index contributed by atoms with van der Waals surface area (Å²) in [6.45, 7) is 5.23. The summed E-state index contributed by atoms with van der Waals surface area (Å²) in [6.07, 6.45) is -1.77. The first-order chi connectivity index (χ1) is 14.9. The van der Waals surface area contributed by atoms with Crippen molar-refractivity contribution in [2.45, 2.75) is 42.7 Å². The van der Waals surface area contributed by atoms with Gasteiger partial charge in [-0.15, -0.1) is 13.2 Å². The summed E-state index contributed by atoms with van der Waals surface area (Å²) < 4.78 is 47.8. The number of alkyl halides is 3. The van der Waals surface area contributed by atoms with Crippen LogP contribution in [0.4, 0.5) is 13.2 Å². The van der Waals surface area contributed by atoms with Gasteiger partial charge in [-0.25, -0.2) is 4.98 Å². The molecule has 10 heteroatoms. The van der Waals surface area contributed by atoms with Crippen molar-refractivity contribution >= 4 is 11.8 Å². The molecule has 3 rings (SSSR count). The Morgan fingerprint density at radius 1 is 1.12 bits per heavy atom. The number of benzene rings is 2. The Morgan fingerprint density at radius 3 is 2.41 bits per heavy atom. The molecule has 32 heavy (non-hydrogen) atoms. The summed E-state index contributed by atoms with van der Waals surface area (Å²) in [5.74, 6) is 0.247. The molecule has 0 aliphatic heterocycles. The molecule has 1 N–H and O–H groups in total. The van der Waals surface area contributed by atoms with Crippen molar-refractivity contribution in [1.82, 2.24) is 9.55 Å². The second-order valence-electron chi connectivity index (χ2n) is 7.58. The fourth-order valence-corrected chi connectivity index (χ4v) is 3.48. The van der Waals surface area contributed by atoms with Gasteiger partial charge in [0.25, 0.3) is 5.56 Å². The Morgan fingerprint density at radius 2 is 1.81 bits per heavy atom. The summed E-state index contributed by atoms with van der Waals surface area (Å²) in [5, 5.41) is 9.98. The lowest BCUT2D eigenvalue weighted by atomic mass is 10.1. The number of nitrogens with zero attached hydrogens (tertiary/aromatic N) is 2. The van der Waals surface area contributed by atoms with Crippen LogP contribution in [-0.2, 0) is 0 Å². The van der Waals surface area contributed by atoms with Crippen LogP contribution in [0.5, 0.6) is 11.5 Å². The molecular formula is C22H21F3N2O4S. The molecule has 0 bridgehead atoms. The monoisotopic (exact) mass is 466 g/mol. The van der Waals surface area contributed by atoms with Gasteiger partial charge in [-0.1, -0.05) is 11.8 Å². The minimum absolute atomic E-state index is 0.121. The molecule has 0 amide bonds. The van der Waals surface area contributed by atoms with Gasteiger partial charge in [0.15, 0.2) is 5.03 Å². The van der Waals surface area contributed by atoms with Gasteiger partial charge in [0.1, 0.15) is 18.1 Å². The van der Waals surface area contributed by atoms with E-state index in [-0.39, 0.29) is 22.9 Å². The minimum atomic E-state index is -4.77. The number of aromatic nitrogens is 2. The van der Waals surface area contributed by atoms with Crippen LogP contribution in [0.1, 0.15) is 19.4 Å². The molecule has 0 spiro atoms. The molecule has 0 aliphatic rings. The van der Waals surface area contributed by atoms with Crippen molar-refractivity contribution in [3.8, 4) is 17.2 Å². The number of hydrogen-bond acceptors (Lipinski definition) is 6. The van der Waals surface area contributed by atoms with E-state index in [2.05, 4.69) is 9.72 Å². The number of halogens is 3. The number of aryl methyl sites for hydroxylation is 1. The van der Waals surface area contributed by atoms with E-state index in [4.69, 9.17) is 4.74 Å². The highest BCUT2D eigenvalue weighted by molar-refractivity contribution is 7.99. The van der Waals surface area contributed by atoms with Crippen LogP contribution < -0.4 is 15.0 Å². The minimum Gasteiger partial charge on any atom is -0.490 e. The quantitative estimate of drug-likeness (QED) is 0.542. The fourth-order valence-electron chi connectivity index (χ4n) is 2.69. The molecule has 0 fully saturated rings. The lowest BCUT2D eigenvalue weighted by Crippen LogP contribution is -2.28. The zero-order valence-electron chi connectivity index (χ0n) is 17.5. The number of aliphatic hydroxyl groups is 1. The zero-order chi connectivity index (χ0) is 23.5. The highest BCUT2D eigenvalue weighted by Gasteiger charge is 2.31. The van der Waals surface area contributed by atoms with Gasteiger partial charge in [0.05, 0.1) is 5.60 Å². The molecule has 170 valence electrons. The molecule has 0 aliphatic carbocycles. The molecule has 2 aromatic carbocycles. The first kappa shape index (κ1) is 23.7. The van der Waals surface area contributed by atoms with Gasteiger partial charge < -0.3 is 14.6 Å². The normalized spacial score (nSPS) is 12.0. The van der Waals surface area contributed by atoms with E-state index in [0.717, 1.165) is 17.3 Å². The van der Waals surface area contributed by atoms with E-state index in [1.165, 1.54) is 41.2 Å². The maximum atomic E-state index is 12.9. The van der Waals surface area contributed by atoms with Gasteiger partial charge in [-0.2, -0.15) is 0 Å². The molecular weight excluding hydrogens is 445 g/mol. The van der Waals surface area contributed by atoms with Crippen molar-refractivity contribution in [3.63, 3.8) is 0 Å². The van der Waals surface area contributed by atoms with Crippen molar-refractivity contribution in [2.24, 2.45) is 0 Å². The van der Waals surface area contributed by atoms with Crippen LogP contribution in [0.25, 0.3) is 5.69 Å². The standard InChI is InChI=1S/C22H21F3N2O4S/c1-14-12-15(4-9-18(14)30-13-21(2,3)29)27-11-10-26-19(20(27)28)32-17-7-5-16(6-8-17)31-22(23,24)25/h4-12,29H,13H2,1-3H3. The highest BCUT2D eigenvalue weighted by Crippen LogP contribution is 2.28. The van der Waals surface area contributed by atoms with E-state index in [0.29, 0.717) is 16.3 Å². The Kier molecular flexibility index (Phi) is 6.85. The van der Waals surface area contributed by atoms with Crippen molar-refractivity contribution in [1.29, 1.82) is 0 Å². The van der Waals surface area contributed by atoms with E-state index in [9.17, 15) is 23.1 Å². The van der Waals surface area contributed by atoms with Crippen LogP contribution in [0.3, 0.4) is 0 Å². The molecule has 0 saturated heterocycles. The summed E-state index contributed by atoms with van der Waals surface area (Å²) in [6, 6.07) is 10.4. The van der Waals surface area contributed by atoms with Gasteiger partial charge in [-0.05, 0) is 68.8 Å². The Bertz CT molecular complexity index is 1140. The summed E-state index contributed by atoms with van der Waals surface area (Å²) in [7, 11) is 0. The summed E-state index contributed by atoms with van der Waals surface area (Å²) in [4.78, 5) is 17.6. The maximum absolute atomic E-state index is 12.9. The Balaban J connectivity index is 1.80. The molecule has 6 nitrogen and oxygen atoms in total. The number of ether oxygens (including phenoxy) is 2. The highest BCUT2D eigenvalue weighted by atomic mass is 32.2. The van der Waals surface area contributed by atoms with Gasteiger partial charge >= 0.3 is 6.36 Å². The molecule has 0 unspecified atom stereocenters. The van der Waals surface area contributed by atoms with Crippen LogP contribution >= 0.6 is 11.8 Å². The van der Waals surface area contributed by atoms with Gasteiger partial charge in [0, 0.05) is 23.0 Å². The average Bonchev–Trinajstić information content (AvgIpc) is 2.68. The van der Waals surface area contributed by atoms with E-state index >= 15 is 0 Å². The van der Waals surface area contributed by atoms with Crippen LogP contribution in [0, 0.1) is 6.92 Å². The summed E-state index contributed by atoms with van der Waals surface area (Å²) in [5.41, 5.74) is 0.0277. The van der Waals surface area contributed by atoms with E-state index in [1.807, 2.05) is 6.92 Å². The third kappa shape index (κ3) is 6.51. The molecule has 3 aromatic rings. The van der Waals surface area contributed by atoms with Gasteiger partial charge in [-0.3, -0.25) is 9.36 Å². The Labute approximate surface area is 186 Å². The van der Waals surface area contributed by atoms with E-state index in [1.54, 1.807) is 32.0 Å². The molecule has 0 radical (unpaired) electrons. The smallest absolute Gasteiger partial charge is 0.490 e. The van der Waals surface area contributed by atoms with Crippen molar-refractivity contribution < 1.29 is 27.8 Å². The van der Waals surface area contributed by atoms with Crippen molar-refractivity contribution in [2.75, 3.05) is 6.61 Å². The molecule has 0 atom stereocenters. The first-order valence-electron chi connectivity index (χ1n) is 9.49. The predicted octanol–water partition coefficient (Wildman–Crippen LogP) is 4.74. The number of rotatable bonds is 7. The predicted molar refractivity (Wildman–Crippen MR) is 114 cm³/mol. The SMILES string of the molecule is Cc1cc(-n2ccnc(Sc3ccc(OC(F)(F)F)cc3)c2=O)ccc1OCC(C)(C)O. The van der Waals surface area contributed by atoms with Crippen LogP contribution in [-0.4, -0.2) is 33.2 Å². The molecule has 1 aromatic heterocycles. The van der Waals surface area contributed by atoms with Crippen LogP contribution in [0.2, 0.25) is 0 Å². The fraction of sp³-hybridized carbons (Fsp3) is 0.273. The maximum Gasteiger partial charge on any atom is 0.573 e. The lowest BCUT2D eigenvalue weighted by molar-refractivity contribution is -0.274. The molecule has 1 heterocycles. The topological polar surface area (TPSA) is 73.6 Å².